The number of benzene rings is 1. The van der Waals surface area contributed by atoms with Gasteiger partial charge in [-0.15, -0.1) is 11.6 Å². The second kappa shape index (κ2) is 7.25. The fourth-order valence-electron chi connectivity index (χ4n) is 2.42. The minimum Gasteiger partial charge on any atom is -0.379 e. The van der Waals surface area contributed by atoms with Crippen molar-refractivity contribution < 1.29 is 9.53 Å². The Bertz CT molecular complexity index is 468. The Balaban J connectivity index is 1.89. The van der Waals surface area contributed by atoms with Gasteiger partial charge in [0.05, 0.1) is 13.2 Å². The van der Waals surface area contributed by atoms with Crippen molar-refractivity contribution in [1.82, 2.24) is 10.2 Å². The third-order valence-electron chi connectivity index (χ3n) is 3.92. The predicted octanol–water partition coefficient (Wildman–Crippen LogP) is 2.27. The van der Waals surface area contributed by atoms with Crippen molar-refractivity contribution in [3.05, 3.63) is 35.4 Å². The number of carbonyl (C=O) groups excluding carboxylic acids is 1. The van der Waals surface area contributed by atoms with Gasteiger partial charge in [0, 0.05) is 36.6 Å². The van der Waals surface area contributed by atoms with Gasteiger partial charge < -0.3 is 10.1 Å². The quantitative estimate of drug-likeness (QED) is 0.848. The summed E-state index contributed by atoms with van der Waals surface area (Å²) in [7, 11) is 0. The number of amides is 1. The monoisotopic (exact) mass is 310 g/mol. The molecular formula is C16H23ClN2O2. The van der Waals surface area contributed by atoms with E-state index in [0.717, 1.165) is 31.9 Å². The van der Waals surface area contributed by atoms with Crippen LogP contribution in [0.15, 0.2) is 24.3 Å². The first-order valence-corrected chi connectivity index (χ1v) is 7.82. The van der Waals surface area contributed by atoms with E-state index in [0.29, 0.717) is 18.0 Å². The van der Waals surface area contributed by atoms with E-state index in [1.807, 2.05) is 24.3 Å². The van der Waals surface area contributed by atoms with Gasteiger partial charge in [-0.3, -0.25) is 9.69 Å². The highest BCUT2D eigenvalue weighted by molar-refractivity contribution is 6.17. The summed E-state index contributed by atoms with van der Waals surface area (Å²) in [6, 6.07) is 7.40. The topological polar surface area (TPSA) is 41.6 Å². The lowest BCUT2D eigenvalue weighted by Gasteiger charge is -2.40. The van der Waals surface area contributed by atoms with Crippen LogP contribution in [-0.4, -0.2) is 49.2 Å². The zero-order chi connectivity index (χ0) is 15.3. The van der Waals surface area contributed by atoms with Gasteiger partial charge in [0.25, 0.3) is 5.91 Å². The Labute approximate surface area is 131 Å². The number of ether oxygens (including phenoxy) is 1. The van der Waals surface area contributed by atoms with Gasteiger partial charge in [0.15, 0.2) is 0 Å². The van der Waals surface area contributed by atoms with E-state index in [2.05, 4.69) is 24.1 Å². The van der Waals surface area contributed by atoms with Gasteiger partial charge in [0.2, 0.25) is 0 Å². The Kier molecular flexibility index (Phi) is 5.62. The van der Waals surface area contributed by atoms with Crippen LogP contribution in [0.1, 0.15) is 29.8 Å². The van der Waals surface area contributed by atoms with E-state index in [1.165, 1.54) is 0 Å². The van der Waals surface area contributed by atoms with Crippen molar-refractivity contribution in [1.29, 1.82) is 0 Å². The highest BCUT2D eigenvalue weighted by Crippen LogP contribution is 2.15. The molecule has 0 bridgehead atoms. The van der Waals surface area contributed by atoms with Gasteiger partial charge in [-0.25, -0.2) is 0 Å². The molecule has 1 N–H and O–H groups in total. The molecule has 0 atom stereocenters. The normalized spacial score (nSPS) is 16.7. The van der Waals surface area contributed by atoms with Crippen LogP contribution in [0.5, 0.6) is 0 Å². The molecule has 2 rings (SSSR count). The number of hydrogen-bond acceptors (Lipinski definition) is 3. The van der Waals surface area contributed by atoms with Crippen molar-refractivity contribution in [3.63, 3.8) is 0 Å². The zero-order valence-corrected chi connectivity index (χ0v) is 13.4. The lowest BCUT2D eigenvalue weighted by atomic mass is 10.0. The van der Waals surface area contributed by atoms with Gasteiger partial charge in [0.1, 0.15) is 0 Å². The summed E-state index contributed by atoms with van der Waals surface area (Å²) in [5, 5.41) is 3.02. The third kappa shape index (κ3) is 4.43. The summed E-state index contributed by atoms with van der Waals surface area (Å²) in [5.74, 6) is 0.420. The standard InChI is InChI=1S/C16H23ClN2O2/c1-16(2,19-7-9-21-10-8-19)12-18-15(20)14-5-3-13(11-17)4-6-14/h3-6H,7-12H2,1-2H3,(H,18,20). The minimum atomic E-state index is -0.0739. The highest BCUT2D eigenvalue weighted by atomic mass is 35.5. The maximum Gasteiger partial charge on any atom is 0.251 e. The van der Waals surface area contributed by atoms with Crippen LogP contribution < -0.4 is 5.32 Å². The molecule has 1 heterocycles. The molecule has 1 aliphatic heterocycles. The van der Waals surface area contributed by atoms with Crippen LogP contribution in [0.3, 0.4) is 0 Å². The number of rotatable bonds is 5. The van der Waals surface area contributed by atoms with Crippen LogP contribution >= 0.6 is 11.6 Å². The lowest BCUT2D eigenvalue weighted by Crippen LogP contribution is -2.55. The van der Waals surface area contributed by atoms with E-state index >= 15 is 0 Å². The second-order valence-electron chi connectivity index (χ2n) is 5.93. The number of morpholine rings is 1. The zero-order valence-electron chi connectivity index (χ0n) is 12.7. The molecule has 116 valence electrons. The van der Waals surface area contributed by atoms with Gasteiger partial charge in [-0.2, -0.15) is 0 Å². The molecule has 1 saturated heterocycles. The molecule has 0 unspecified atom stereocenters. The van der Waals surface area contributed by atoms with Crippen LogP contribution in [0, 0.1) is 0 Å². The average Bonchev–Trinajstić information content (AvgIpc) is 2.53. The molecule has 0 aromatic heterocycles. The first-order valence-electron chi connectivity index (χ1n) is 7.29. The fraction of sp³-hybridized carbons (Fsp3) is 0.562. The van der Waals surface area contributed by atoms with Crippen molar-refractivity contribution in [2.24, 2.45) is 0 Å². The number of halogens is 1. The van der Waals surface area contributed by atoms with Crippen LogP contribution in [-0.2, 0) is 10.6 Å². The van der Waals surface area contributed by atoms with Crippen molar-refractivity contribution >= 4 is 17.5 Å². The first kappa shape index (κ1) is 16.3. The van der Waals surface area contributed by atoms with Gasteiger partial charge in [-0.1, -0.05) is 12.1 Å². The minimum absolute atomic E-state index is 0.0440. The molecule has 1 amide bonds. The Morgan fingerprint density at radius 2 is 1.90 bits per heavy atom. The van der Waals surface area contributed by atoms with Gasteiger partial charge in [-0.05, 0) is 31.5 Å². The van der Waals surface area contributed by atoms with Crippen LogP contribution in [0.4, 0.5) is 0 Å². The van der Waals surface area contributed by atoms with E-state index in [1.54, 1.807) is 0 Å². The summed E-state index contributed by atoms with van der Waals surface area (Å²) in [5.41, 5.74) is 1.61. The van der Waals surface area contributed by atoms with E-state index < -0.39 is 0 Å². The summed E-state index contributed by atoms with van der Waals surface area (Å²) in [4.78, 5) is 14.5. The van der Waals surface area contributed by atoms with Crippen LogP contribution in [0.25, 0.3) is 0 Å². The maximum absolute atomic E-state index is 12.2. The Morgan fingerprint density at radius 3 is 2.48 bits per heavy atom. The van der Waals surface area contributed by atoms with Crippen molar-refractivity contribution in [2.75, 3.05) is 32.8 Å². The average molecular weight is 311 g/mol. The van der Waals surface area contributed by atoms with Gasteiger partial charge >= 0.3 is 0 Å². The van der Waals surface area contributed by atoms with Crippen molar-refractivity contribution in [2.45, 2.75) is 25.3 Å². The molecule has 1 aromatic rings. The fourth-order valence-corrected chi connectivity index (χ4v) is 2.60. The molecule has 0 spiro atoms. The lowest BCUT2D eigenvalue weighted by molar-refractivity contribution is -0.00923. The second-order valence-corrected chi connectivity index (χ2v) is 6.19. The van der Waals surface area contributed by atoms with E-state index in [-0.39, 0.29) is 11.4 Å². The highest BCUT2D eigenvalue weighted by Gasteiger charge is 2.28. The molecule has 0 saturated carbocycles. The predicted molar refractivity (Wildman–Crippen MR) is 84.8 cm³/mol. The number of hydrogen-bond donors (Lipinski definition) is 1. The number of nitrogens with one attached hydrogen (secondary N) is 1. The van der Waals surface area contributed by atoms with E-state index in [9.17, 15) is 4.79 Å². The van der Waals surface area contributed by atoms with E-state index in [4.69, 9.17) is 16.3 Å². The van der Waals surface area contributed by atoms with Crippen molar-refractivity contribution in [3.8, 4) is 0 Å². The molecular weight excluding hydrogens is 288 g/mol. The van der Waals surface area contributed by atoms with Crippen LogP contribution in [0.2, 0.25) is 0 Å². The summed E-state index contributed by atoms with van der Waals surface area (Å²) >= 11 is 5.75. The molecule has 21 heavy (non-hydrogen) atoms. The number of alkyl halides is 1. The molecule has 1 aromatic carbocycles. The molecule has 0 aliphatic carbocycles. The largest absolute Gasteiger partial charge is 0.379 e. The molecule has 4 nitrogen and oxygen atoms in total. The molecule has 5 heteroatoms. The molecule has 1 fully saturated rings. The Morgan fingerprint density at radius 1 is 1.29 bits per heavy atom. The third-order valence-corrected chi connectivity index (χ3v) is 4.23. The molecule has 1 aliphatic rings. The molecule has 0 radical (unpaired) electrons. The smallest absolute Gasteiger partial charge is 0.251 e. The first-order chi connectivity index (χ1) is 10.0. The number of nitrogens with zero attached hydrogens (tertiary/aromatic N) is 1. The SMILES string of the molecule is CC(C)(CNC(=O)c1ccc(CCl)cc1)N1CCOCC1. The summed E-state index contributed by atoms with van der Waals surface area (Å²) in [6.45, 7) is 8.25. The maximum atomic E-state index is 12.2. The Hall–Kier alpha value is -1.10. The number of carbonyl (C=O) groups is 1. The summed E-state index contributed by atoms with van der Waals surface area (Å²) < 4.78 is 5.37. The summed E-state index contributed by atoms with van der Waals surface area (Å²) in [6.07, 6.45) is 0.